The van der Waals surface area contributed by atoms with Crippen LogP contribution in [0.5, 0.6) is 0 Å². The number of furan rings is 1. The summed E-state index contributed by atoms with van der Waals surface area (Å²) in [4.78, 5) is 10.8. The fourth-order valence-electron chi connectivity index (χ4n) is 7.93. The van der Waals surface area contributed by atoms with Gasteiger partial charge in [-0.1, -0.05) is 122 Å². The third-order valence-electron chi connectivity index (χ3n) is 10.00. The topological polar surface area (TPSA) is 43.9 Å². The number of aromatic nitrogens is 3. The molecule has 9 aromatic rings. The number of nitrogens with zero attached hydrogens (tertiary/aromatic N) is 3. The minimum absolute atomic E-state index is 0.754. The average molecular weight is 620 g/mol. The molecule has 0 fully saturated rings. The fourth-order valence-corrected chi connectivity index (χ4v) is 11.2. The summed E-state index contributed by atoms with van der Waals surface area (Å²) in [6.45, 7) is 4.88. The maximum atomic E-state index is 6.36. The Morgan fingerprint density at radius 3 is 2.04 bits per heavy atom. The number of fused-ring (bicyclic) bond motifs is 10. The van der Waals surface area contributed by atoms with E-state index in [4.69, 9.17) is 14.4 Å². The van der Waals surface area contributed by atoms with Crippen LogP contribution in [0.1, 0.15) is 0 Å². The number of benzene rings is 6. The first-order chi connectivity index (χ1) is 23.1. The van der Waals surface area contributed by atoms with Crippen LogP contribution in [0.15, 0.2) is 144 Å². The molecule has 0 amide bonds. The van der Waals surface area contributed by atoms with Crippen molar-refractivity contribution in [2.75, 3.05) is 0 Å². The van der Waals surface area contributed by atoms with Gasteiger partial charge in [-0.3, -0.25) is 0 Å². The van der Waals surface area contributed by atoms with Crippen molar-refractivity contribution in [3.8, 4) is 39.6 Å². The van der Waals surface area contributed by atoms with Gasteiger partial charge in [-0.05, 0) is 46.3 Å². The van der Waals surface area contributed by atoms with Gasteiger partial charge >= 0.3 is 0 Å². The van der Waals surface area contributed by atoms with Crippen LogP contribution in [0.25, 0.3) is 83.3 Å². The molecule has 0 saturated carbocycles. The van der Waals surface area contributed by atoms with Crippen LogP contribution in [0.3, 0.4) is 0 Å². The molecule has 1 aliphatic heterocycles. The van der Waals surface area contributed by atoms with Gasteiger partial charge in [0.1, 0.15) is 19.2 Å². The molecular formula is C42H29N3OSi. The van der Waals surface area contributed by atoms with Gasteiger partial charge < -0.3 is 8.98 Å². The predicted octanol–water partition coefficient (Wildman–Crippen LogP) is 9.61. The lowest BCUT2D eigenvalue weighted by Crippen LogP contribution is -2.50. The summed E-state index contributed by atoms with van der Waals surface area (Å²) < 4.78 is 8.78. The summed E-state index contributed by atoms with van der Waals surface area (Å²) in [5.74, 6) is 0.754. The van der Waals surface area contributed by atoms with Gasteiger partial charge in [0.15, 0.2) is 5.82 Å². The van der Waals surface area contributed by atoms with Crippen molar-refractivity contribution in [3.63, 3.8) is 0 Å². The highest BCUT2D eigenvalue weighted by Crippen LogP contribution is 2.43. The average Bonchev–Trinajstić information content (AvgIpc) is 3.74. The van der Waals surface area contributed by atoms with E-state index in [2.05, 4.69) is 145 Å². The second kappa shape index (κ2) is 9.61. The molecule has 0 spiro atoms. The zero-order valence-corrected chi connectivity index (χ0v) is 27.0. The zero-order valence-electron chi connectivity index (χ0n) is 26.0. The molecule has 0 N–H and O–H groups in total. The molecule has 6 aromatic carbocycles. The third kappa shape index (κ3) is 3.63. The number of para-hydroxylation sites is 3. The van der Waals surface area contributed by atoms with Crippen molar-refractivity contribution in [2.24, 2.45) is 0 Å². The molecule has 1 aliphatic rings. The summed E-state index contributed by atoms with van der Waals surface area (Å²) in [5.41, 5.74) is 10.7. The molecule has 0 radical (unpaired) electrons. The molecule has 0 bridgehead atoms. The van der Waals surface area contributed by atoms with Gasteiger partial charge in [-0.25, -0.2) is 9.97 Å². The number of hydrogen-bond donors (Lipinski definition) is 0. The molecule has 3 aromatic heterocycles. The van der Waals surface area contributed by atoms with Crippen molar-refractivity contribution in [1.29, 1.82) is 0 Å². The van der Waals surface area contributed by atoms with Crippen molar-refractivity contribution < 1.29 is 4.42 Å². The fraction of sp³-hybridized carbons (Fsp3) is 0.0476. The molecule has 47 heavy (non-hydrogen) atoms. The Hall–Kier alpha value is -5.78. The minimum Gasteiger partial charge on any atom is -0.456 e. The van der Waals surface area contributed by atoms with Crippen LogP contribution in [0.4, 0.5) is 0 Å². The molecule has 0 atom stereocenters. The normalized spacial score (nSPS) is 13.5. The van der Waals surface area contributed by atoms with Crippen molar-refractivity contribution in [1.82, 2.24) is 14.5 Å². The smallest absolute Gasteiger partial charge is 0.160 e. The second-order valence-electron chi connectivity index (χ2n) is 13.0. The first-order valence-electron chi connectivity index (χ1n) is 16.1. The standard InChI is InChI=1S/C42H29N3OSi/c1-47(2)36-23-13-9-19-30(36)40-41(47)39(43-42(44-40)26-14-4-3-5-15-26)28-17-7-11-21-32(28)45-31-20-10-6-16-27(31)37-33(45)24-25-35-38(37)29-18-8-12-22-34(29)46-35/h3-25H,1-2H3. The van der Waals surface area contributed by atoms with E-state index >= 15 is 0 Å². The minimum atomic E-state index is -2.15. The van der Waals surface area contributed by atoms with E-state index in [-0.39, 0.29) is 0 Å². The van der Waals surface area contributed by atoms with Crippen LogP contribution >= 0.6 is 0 Å². The van der Waals surface area contributed by atoms with Gasteiger partial charge in [-0.2, -0.15) is 0 Å². The number of rotatable bonds is 3. The van der Waals surface area contributed by atoms with Crippen molar-refractivity contribution >= 4 is 62.2 Å². The van der Waals surface area contributed by atoms with Crippen LogP contribution in [0, 0.1) is 0 Å². The van der Waals surface area contributed by atoms with Crippen LogP contribution < -0.4 is 10.4 Å². The Balaban J connectivity index is 1.33. The maximum Gasteiger partial charge on any atom is 0.160 e. The largest absolute Gasteiger partial charge is 0.456 e. The molecule has 4 nitrogen and oxygen atoms in total. The molecule has 5 heteroatoms. The van der Waals surface area contributed by atoms with Crippen LogP contribution in [-0.4, -0.2) is 22.6 Å². The summed E-state index contributed by atoms with van der Waals surface area (Å²) >= 11 is 0. The summed E-state index contributed by atoms with van der Waals surface area (Å²) in [5, 5.41) is 7.42. The van der Waals surface area contributed by atoms with Crippen LogP contribution in [-0.2, 0) is 0 Å². The van der Waals surface area contributed by atoms with Gasteiger partial charge in [-0.15, -0.1) is 0 Å². The molecule has 4 heterocycles. The van der Waals surface area contributed by atoms with Crippen molar-refractivity contribution in [2.45, 2.75) is 13.1 Å². The molecule has 10 rings (SSSR count). The maximum absolute atomic E-state index is 6.36. The Bertz CT molecular complexity index is 2720. The molecule has 222 valence electrons. The zero-order chi connectivity index (χ0) is 31.3. The highest BCUT2D eigenvalue weighted by Gasteiger charge is 2.42. The highest BCUT2D eigenvalue weighted by atomic mass is 28.3. The number of hydrogen-bond acceptors (Lipinski definition) is 3. The van der Waals surface area contributed by atoms with E-state index in [9.17, 15) is 0 Å². The lowest BCUT2D eigenvalue weighted by atomic mass is 10.0. The summed E-state index contributed by atoms with van der Waals surface area (Å²) in [6.07, 6.45) is 0. The SMILES string of the molecule is C[Si]1(C)c2ccccc2-c2nc(-c3ccccc3)nc(-c3ccccc3-n3c4ccccc4c4c5c(ccc43)oc3ccccc35)c21. The Morgan fingerprint density at radius 2 is 1.19 bits per heavy atom. The Labute approximate surface area is 272 Å². The third-order valence-corrected chi connectivity index (χ3v) is 13.5. The Kier molecular flexibility index (Phi) is 5.41. The first kappa shape index (κ1) is 26.4. The van der Waals surface area contributed by atoms with Crippen molar-refractivity contribution in [3.05, 3.63) is 140 Å². The second-order valence-corrected chi connectivity index (χ2v) is 17.2. The highest BCUT2D eigenvalue weighted by molar-refractivity contribution is 7.04. The van der Waals surface area contributed by atoms with E-state index in [0.717, 1.165) is 67.0 Å². The molecule has 0 saturated heterocycles. The van der Waals surface area contributed by atoms with Gasteiger partial charge in [0.05, 0.1) is 28.1 Å². The first-order valence-corrected chi connectivity index (χ1v) is 19.1. The Morgan fingerprint density at radius 1 is 0.532 bits per heavy atom. The van der Waals surface area contributed by atoms with Gasteiger partial charge in [0.25, 0.3) is 0 Å². The van der Waals surface area contributed by atoms with E-state index in [1.165, 1.54) is 26.7 Å². The van der Waals surface area contributed by atoms with E-state index in [1.54, 1.807) is 0 Å². The molecule has 0 unspecified atom stereocenters. The van der Waals surface area contributed by atoms with E-state index in [0.29, 0.717) is 0 Å². The van der Waals surface area contributed by atoms with Gasteiger partial charge in [0.2, 0.25) is 0 Å². The van der Waals surface area contributed by atoms with Gasteiger partial charge in [0, 0.05) is 32.7 Å². The lowest BCUT2D eigenvalue weighted by molar-refractivity contribution is 0.669. The summed E-state index contributed by atoms with van der Waals surface area (Å²) in [7, 11) is -2.15. The quantitative estimate of drug-likeness (QED) is 0.185. The predicted molar refractivity (Wildman–Crippen MR) is 197 cm³/mol. The van der Waals surface area contributed by atoms with Crippen LogP contribution in [0.2, 0.25) is 13.1 Å². The molecular weight excluding hydrogens is 591 g/mol. The van der Waals surface area contributed by atoms with E-state index in [1.807, 2.05) is 12.1 Å². The lowest BCUT2D eigenvalue weighted by Gasteiger charge is -2.23. The molecule has 0 aliphatic carbocycles. The summed E-state index contributed by atoms with van der Waals surface area (Å²) in [6, 6.07) is 49.4. The van der Waals surface area contributed by atoms with E-state index < -0.39 is 8.07 Å². The monoisotopic (exact) mass is 619 g/mol.